The van der Waals surface area contributed by atoms with Crippen molar-refractivity contribution < 1.29 is 4.74 Å². The summed E-state index contributed by atoms with van der Waals surface area (Å²) in [5.41, 5.74) is 2.08. The molecule has 0 aromatic carbocycles. The molecule has 98 valence electrons. The third-order valence-corrected chi connectivity index (χ3v) is 2.93. The SMILES string of the molecule is COCCN(CCC#N)c1ncc(CCl)cc1C. The van der Waals surface area contributed by atoms with Gasteiger partial charge in [-0.3, -0.25) is 0 Å². The first-order valence-corrected chi connectivity index (χ1v) is 6.38. The van der Waals surface area contributed by atoms with Gasteiger partial charge in [0.1, 0.15) is 5.82 Å². The fourth-order valence-electron chi connectivity index (χ4n) is 1.74. The highest BCUT2D eigenvalue weighted by Gasteiger charge is 2.10. The zero-order valence-electron chi connectivity index (χ0n) is 10.8. The second kappa shape index (κ2) is 7.91. The predicted molar refractivity (Wildman–Crippen MR) is 72.9 cm³/mol. The Kier molecular flexibility index (Phi) is 6.48. The fraction of sp³-hybridized carbons (Fsp3) is 0.538. The van der Waals surface area contributed by atoms with Crippen molar-refractivity contribution in [2.75, 3.05) is 31.7 Å². The van der Waals surface area contributed by atoms with Crippen LogP contribution in [0, 0.1) is 18.3 Å². The minimum absolute atomic E-state index is 0.463. The zero-order valence-corrected chi connectivity index (χ0v) is 11.6. The first kappa shape index (κ1) is 14.7. The van der Waals surface area contributed by atoms with Crippen LogP contribution in [0.25, 0.3) is 0 Å². The minimum atomic E-state index is 0.463. The van der Waals surface area contributed by atoms with E-state index >= 15 is 0 Å². The number of hydrogen-bond donors (Lipinski definition) is 0. The lowest BCUT2D eigenvalue weighted by atomic mass is 10.2. The molecule has 4 nitrogen and oxygen atoms in total. The van der Waals surface area contributed by atoms with E-state index in [9.17, 15) is 0 Å². The van der Waals surface area contributed by atoms with Crippen LogP contribution in [0.5, 0.6) is 0 Å². The molecule has 0 radical (unpaired) electrons. The van der Waals surface area contributed by atoms with E-state index in [0.717, 1.165) is 23.5 Å². The van der Waals surface area contributed by atoms with Crippen molar-refractivity contribution in [3.05, 3.63) is 23.4 Å². The molecule has 0 fully saturated rings. The molecule has 0 unspecified atom stereocenters. The number of nitrogens with zero attached hydrogens (tertiary/aromatic N) is 3. The lowest BCUT2D eigenvalue weighted by Crippen LogP contribution is -2.29. The predicted octanol–water partition coefficient (Wildman–Crippen LogP) is 2.50. The molecule has 1 rings (SSSR count). The number of nitriles is 1. The fourth-order valence-corrected chi connectivity index (χ4v) is 1.89. The Bertz CT molecular complexity index is 417. The molecule has 0 aliphatic carbocycles. The minimum Gasteiger partial charge on any atom is -0.383 e. The number of aryl methyl sites for hydroxylation is 1. The van der Waals surface area contributed by atoms with Crippen LogP contribution in [0.2, 0.25) is 0 Å². The molecule has 1 heterocycles. The highest BCUT2D eigenvalue weighted by molar-refractivity contribution is 6.17. The Hall–Kier alpha value is -1.31. The van der Waals surface area contributed by atoms with Crippen LogP contribution >= 0.6 is 11.6 Å². The summed E-state index contributed by atoms with van der Waals surface area (Å²) in [6.45, 7) is 4.01. The van der Waals surface area contributed by atoms with E-state index in [-0.39, 0.29) is 0 Å². The Morgan fingerprint density at radius 1 is 1.50 bits per heavy atom. The molecule has 0 spiro atoms. The van der Waals surface area contributed by atoms with Gasteiger partial charge in [0.25, 0.3) is 0 Å². The summed E-state index contributed by atoms with van der Waals surface area (Å²) in [4.78, 5) is 6.50. The van der Waals surface area contributed by atoms with Gasteiger partial charge in [-0.05, 0) is 24.1 Å². The van der Waals surface area contributed by atoms with Gasteiger partial charge in [-0.1, -0.05) is 0 Å². The molecule has 0 saturated carbocycles. The first-order valence-electron chi connectivity index (χ1n) is 5.85. The molecule has 0 bridgehead atoms. The van der Waals surface area contributed by atoms with Crippen LogP contribution in [-0.4, -0.2) is 31.8 Å². The van der Waals surface area contributed by atoms with Crippen LogP contribution in [0.3, 0.4) is 0 Å². The molecular formula is C13H18ClN3O. The van der Waals surface area contributed by atoms with Crippen LogP contribution in [0.4, 0.5) is 5.82 Å². The number of ether oxygens (including phenoxy) is 1. The first-order chi connectivity index (χ1) is 8.72. The Morgan fingerprint density at radius 3 is 2.83 bits per heavy atom. The van der Waals surface area contributed by atoms with E-state index in [1.165, 1.54) is 0 Å². The monoisotopic (exact) mass is 267 g/mol. The Morgan fingerprint density at radius 2 is 2.28 bits per heavy atom. The number of methoxy groups -OCH3 is 1. The Balaban J connectivity index is 2.86. The summed E-state index contributed by atoms with van der Waals surface area (Å²) < 4.78 is 5.09. The maximum atomic E-state index is 8.69. The second-order valence-corrected chi connectivity index (χ2v) is 4.27. The number of alkyl halides is 1. The maximum absolute atomic E-state index is 8.69. The normalized spacial score (nSPS) is 10.1. The van der Waals surface area contributed by atoms with E-state index in [2.05, 4.69) is 16.0 Å². The zero-order chi connectivity index (χ0) is 13.4. The molecule has 0 atom stereocenters. The quantitative estimate of drug-likeness (QED) is 0.712. The summed E-state index contributed by atoms with van der Waals surface area (Å²) in [7, 11) is 1.67. The van der Waals surface area contributed by atoms with Crippen molar-refractivity contribution in [3.8, 4) is 6.07 Å². The molecule has 0 saturated heterocycles. The third kappa shape index (κ3) is 4.17. The van der Waals surface area contributed by atoms with Crippen molar-refractivity contribution in [1.82, 2.24) is 4.98 Å². The van der Waals surface area contributed by atoms with Crippen LogP contribution in [-0.2, 0) is 10.6 Å². The average molecular weight is 268 g/mol. The molecule has 0 aliphatic heterocycles. The van der Waals surface area contributed by atoms with Gasteiger partial charge in [0.15, 0.2) is 0 Å². The van der Waals surface area contributed by atoms with E-state index in [0.29, 0.717) is 25.5 Å². The highest BCUT2D eigenvalue weighted by atomic mass is 35.5. The van der Waals surface area contributed by atoms with Gasteiger partial charge < -0.3 is 9.64 Å². The van der Waals surface area contributed by atoms with E-state index in [1.54, 1.807) is 13.3 Å². The number of hydrogen-bond acceptors (Lipinski definition) is 4. The van der Waals surface area contributed by atoms with E-state index < -0.39 is 0 Å². The summed E-state index contributed by atoms with van der Waals surface area (Å²) in [6.07, 6.45) is 2.25. The molecule has 5 heteroatoms. The molecule has 1 aromatic heterocycles. The topological polar surface area (TPSA) is 49.1 Å². The Labute approximate surface area is 113 Å². The van der Waals surface area contributed by atoms with Gasteiger partial charge in [-0.2, -0.15) is 5.26 Å². The van der Waals surface area contributed by atoms with Gasteiger partial charge in [-0.25, -0.2) is 4.98 Å². The summed E-state index contributed by atoms with van der Waals surface area (Å²) in [5, 5.41) is 8.69. The van der Waals surface area contributed by atoms with Crippen molar-refractivity contribution in [3.63, 3.8) is 0 Å². The molecule has 1 aromatic rings. The maximum Gasteiger partial charge on any atom is 0.131 e. The van der Waals surface area contributed by atoms with Gasteiger partial charge in [0.05, 0.1) is 19.1 Å². The van der Waals surface area contributed by atoms with Gasteiger partial charge in [0, 0.05) is 32.3 Å². The number of anilines is 1. The van der Waals surface area contributed by atoms with Gasteiger partial charge in [-0.15, -0.1) is 11.6 Å². The average Bonchev–Trinajstić information content (AvgIpc) is 2.39. The molecular weight excluding hydrogens is 250 g/mol. The number of pyridine rings is 1. The number of rotatable bonds is 7. The van der Waals surface area contributed by atoms with Gasteiger partial charge in [0.2, 0.25) is 0 Å². The third-order valence-electron chi connectivity index (χ3n) is 2.62. The molecule has 0 aliphatic rings. The largest absolute Gasteiger partial charge is 0.383 e. The molecule has 0 N–H and O–H groups in total. The van der Waals surface area contributed by atoms with Crippen LogP contribution in [0.15, 0.2) is 12.3 Å². The smallest absolute Gasteiger partial charge is 0.131 e. The van der Waals surface area contributed by atoms with Crippen molar-refractivity contribution >= 4 is 17.4 Å². The molecule has 18 heavy (non-hydrogen) atoms. The van der Waals surface area contributed by atoms with Crippen molar-refractivity contribution in [2.45, 2.75) is 19.2 Å². The highest BCUT2D eigenvalue weighted by Crippen LogP contribution is 2.19. The van der Waals surface area contributed by atoms with Crippen molar-refractivity contribution in [1.29, 1.82) is 5.26 Å². The lowest BCUT2D eigenvalue weighted by molar-refractivity contribution is 0.205. The van der Waals surface area contributed by atoms with E-state index in [4.69, 9.17) is 21.6 Å². The lowest BCUT2D eigenvalue weighted by Gasteiger charge is -2.24. The standard InChI is InChI=1S/C13H18ClN3O/c1-11-8-12(9-14)10-16-13(11)17(5-3-4-15)6-7-18-2/h8,10H,3,5-7,9H2,1-2H3. The summed E-state index contributed by atoms with van der Waals surface area (Å²) in [6, 6.07) is 4.18. The van der Waals surface area contributed by atoms with E-state index in [1.807, 2.05) is 13.0 Å². The van der Waals surface area contributed by atoms with Crippen LogP contribution in [0.1, 0.15) is 17.5 Å². The van der Waals surface area contributed by atoms with Crippen LogP contribution < -0.4 is 4.90 Å². The summed E-state index contributed by atoms with van der Waals surface area (Å²) >= 11 is 5.78. The summed E-state index contributed by atoms with van der Waals surface area (Å²) in [5.74, 6) is 1.36. The second-order valence-electron chi connectivity index (χ2n) is 4.01. The van der Waals surface area contributed by atoms with Gasteiger partial charge >= 0.3 is 0 Å². The molecule has 0 amide bonds. The van der Waals surface area contributed by atoms with Crippen molar-refractivity contribution in [2.24, 2.45) is 0 Å². The number of halogens is 1. The number of aromatic nitrogens is 1.